The van der Waals surface area contributed by atoms with Crippen molar-refractivity contribution in [2.45, 2.75) is 54.8 Å². The maximum absolute atomic E-state index is 12.6. The van der Waals surface area contributed by atoms with Gasteiger partial charge in [-0.3, -0.25) is 0 Å². The molecule has 1 N–H and O–H groups in total. The largest absolute Gasteiger partial charge is 0.467 e. The SMILES string of the molecule is COC(=O)C1(C(C)CS(=O)(=O)c2ccc(C)cc2)COCCO1.COC(=O)C1(C(C)O)COCCO1.Cc1ccc(S(=O)(=O)Cl)cc1. The lowest BCUT2D eigenvalue weighted by Crippen LogP contribution is -2.57. The number of ether oxygens (including phenoxy) is 6. The van der Waals surface area contributed by atoms with Crippen molar-refractivity contribution in [2.75, 3.05) is 59.6 Å². The summed E-state index contributed by atoms with van der Waals surface area (Å²) in [5.74, 6) is -2.04. The van der Waals surface area contributed by atoms with Gasteiger partial charge in [0, 0.05) is 16.6 Å². The highest BCUT2D eigenvalue weighted by atomic mass is 35.7. The molecule has 0 aromatic heterocycles. The molecule has 2 aromatic rings. The van der Waals surface area contributed by atoms with E-state index in [1.165, 1.54) is 33.3 Å². The number of hydrogen-bond acceptors (Lipinski definition) is 13. The molecule has 4 rings (SSSR count). The van der Waals surface area contributed by atoms with E-state index in [-0.39, 0.29) is 35.4 Å². The van der Waals surface area contributed by atoms with Crippen LogP contribution < -0.4 is 0 Å². The number of rotatable bonds is 8. The number of methoxy groups -OCH3 is 2. The van der Waals surface area contributed by atoms with Gasteiger partial charge in [-0.2, -0.15) is 0 Å². The van der Waals surface area contributed by atoms with E-state index >= 15 is 0 Å². The Hall–Kier alpha value is -2.63. The van der Waals surface area contributed by atoms with Crippen LogP contribution in [0.5, 0.6) is 0 Å². The summed E-state index contributed by atoms with van der Waals surface area (Å²) in [6, 6.07) is 13.0. The van der Waals surface area contributed by atoms with E-state index in [4.69, 9.17) is 34.4 Å². The molecule has 2 heterocycles. The predicted molar refractivity (Wildman–Crippen MR) is 171 cm³/mol. The predicted octanol–water partition coefficient (Wildman–Crippen LogP) is 2.61. The van der Waals surface area contributed by atoms with Crippen LogP contribution in [0.2, 0.25) is 0 Å². The number of sulfone groups is 1. The van der Waals surface area contributed by atoms with Crippen LogP contribution in [0, 0.1) is 19.8 Å². The van der Waals surface area contributed by atoms with Crippen LogP contribution in [0.25, 0.3) is 0 Å². The fourth-order valence-electron chi connectivity index (χ4n) is 4.58. The van der Waals surface area contributed by atoms with Crippen LogP contribution in [0.15, 0.2) is 58.3 Å². The normalized spacial score (nSPS) is 22.6. The molecule has 2 saturated heterocycles. The second-order valence-corrected chi connectivity index (χ2v) is 15.6. The third-order valence-electron chi connectivity index (χ3n) is 7.49. The Bertz CT molecular complexity index is 1510. The number of halogens is 1. The lowest BCUT2D eigenvalue weighted by Gasteiger charge is -2.38. The Labute approximate surface area is 280 Å². The summed E-state index contributed by atoms with van der Waals surface area (Å²) in [5, 5.41) is 9.42. The van der Waals surface area contributed by atoms with Crippen LogP contribution in [0.4, 0.5) is 0 Å². The Morgan fingerprint density at radius 3 is 1.53 bits per heavy atom. The van der Waals surface area contributed by atoms with Gasteiger partial charge in [-0.1, -0.05) is 42.3 Å². The molecule has 0 spiro atoms. The van der Waals surface area contributed by atoms with Crippen molar-refractivity contribution in [3.8, 4) is 0 Å². The molecule has 0 amide bonds. The van der Waals surface area contributed by atoms with Crippen LogP contribution in [0.3, 0.4) is 0 Å². The van der Waals surface area contributed by atoms with E-state index in [1.807, 2.05) is 13.8 Å². The summed E-state index contributed by atoms with van der Waals surface area (Å²) in [7, 11) is 0.495. The van der Waals surface area contributed by atoms with Crippen LogP contribution >= 0.6 is 10.7 Å². The minimum absolute atomic E-state index is 0.00966. The number of aliphatic hydroxyl groups excluding tert-OH is 1. The van der Waals surface area contributed by atoms with E-state index < -0.39 is 54.1 Å². The van der Waals surface area contributed by atoms with E-state index in [1.54, 1.807) is 43.3 Å². The van der Waals surface area contributed by atoms with Gasteiger partial charge < -0.3 is 33.5 Å². The lowest BCUT2D eigenvalue weighted by molar-refractivity contribution is -0.218. The summed E-state index contributed by atoms with van der Waals surface area (Å²) in [5.41, 5.74) is -0.737. The highest BCUT2D eigenvalue weighted by molar-refractivity contribution is 8.13. The van der Waals surface area contributed by atoms with Gasteiger partial charge in [0.15, 0.2) is 15.4 Å². The molecule has 0 radical (unpaired) electrons. The molecule has 0 saturated carbocycles. The smallest absolute Gasteiger partial charge is 0.343 e. The van der Waals surface area contributed by atoms with Gasteiger partial charge in [0.1, 0.15) is 0 Å². The standard InChI is InChI=1S/C16H22O6S.C8H14O5.C7H7ClO2S/c1-12-4-6-14(7-5-12)23(18,19)10-13(2)16(15(17)20-3)11-21-8-9-22-16;1-6(9)8(7(10)11-2)5-12-3-4-13-8;1-6-2-4-7(5-3-6)11(8,9)10/h4-7,13H,8-11H2,1-3H3;6,9H,3-5H2,1-2H3;2-5H,1H3. The van der Waals surface area contributed by atoms with Crippen molar-refractivity contribution >= 4 is 41.5 Å². The quantitative estimate of drug-likeness (QED) is 0.311. The monoisotopic (exact) mass is 722 g/mol. The molecule has 4 unspecified atom stereocenters. The molecule has 2 aromatic carbocycles. The van der Waals surface area contributed by atoms with Crippen LogP contribution in [-0.4, -0.2) is 111 Å². The van der Waals surface area contributed by atoms with Gasteiger partial charge in [0.2, 0.25) is 5.60 Å². The number of benzene rings is 2. The molecule has 2 aliphatic heterocycles. The number of aryl methyl sites for hydroxylation is 2. The van der Waals surface area contributed by atoms with Crippen LogP contribution in [0.1, 0.15) is 25.0 Å². The second-order valence-electron chi connectivity index (χ2n) is 11.0. The number of aliphatic hydroxyl groups is 1. The van der Waals surface area contributed by atoms with E-state index in [9.17, 15) is 31.5 Å². The van der Waals surface area contributed by atoms with E-state index in [0.717, 1.165) is 11.1 Å². The molecule has 0 aliphatic carbocycles. The first-order chi connectivity index (χ1) is 21.9. The first-order valence-electron chi connectivity index (χ1n) is 14.5. The maximum atomic E-state index is 12.6. The van der Waals surface area contributed by atoms with E-state index in [0.29, 0.717) is 19.8 Å². The molecule has 4 atom stereocenters. The van der Waals surface area contributed by atoms with Crippen molar-refractivity contribution in [3.63, 3.8) is 0 Å². The van der Waals surface area contributed by atoms with Gasteiger partial charge >= 0.3 is 11.9 Å². The fraction of sp³-hybridized carbons (Fsp3) is 0.548. The number of carbonyl (C=O) groups excluding carboxylic acids is 2. The Kier molecular flexibility index (Phi) is 15.2. The minimum atomic E-state index is -3.55. The summed E-state index contributed by atoms with van der Waals surface area (Å²) in [4.78, 5) is 23.9. The zero-order valence-corrected chi connectivity index (χ0v) is 29.7. The first-order valence-corrected chi connectivity index (χ1v) is 18.5. The van der Waals surface area contributed by atoms with Crippen molar-refractivity contribution < 1.29 is 60.0 Å². The van der Waals surface area contributed by atoms with Crippen molar-refractivity contribution in [3.05, 3.63) is 59.7 Å². The highest BCUT2D eigenvalue weighted by Crippen LogP contribution is 2.30. The third-order valence-corrected chi connectivity index (χ3v) is 10.8. The molecule has 16 heteroatoms. The summed E-state index contributed by atoms with van der Waals surface area (Å²) < 4.78 is 77.3. The molecule has 264 valence electrons. The molecular weight excluding hydrogens is 680 g/mol. The van der Waals surface area contributed by atoms with Crippen LogP contribution in [-0.2, 0) is 56.9 Å². The summed E-state index contributed by atoms with van der Waals surface area (Å²) in [6.45, 7) is 8.26. The summed E-state index contributed by atoms with van der Waals surface area (Å²) in [6.07, 6.45) is -0.944. The zero-order valence-electron chi connectivity index (χ0n) is 27.3. The maximum Gasteiger partial charge on any atom is 0.343 e. The van der Waals surface area contributed by atoms with Crippen molar-refractivity contribution in [1.82, 2.24) is 0 Å². The highest BCUT2D eigenvalue weighted by Gasteiger charge is 2.50. The fourth-order valence-corrected chi connectivity index (χ4v) is 7.02. The van der Waals surface area contributed by atoms with Gasteiger partial charge in [-0.05, 0) is 45.0 Å². The molecular formula is C31H43ClO13S2. The second kappa shape index (κ2) is 17.7. The molecule has 2 fully saturated rings. The molecule has 13 nitrogen and oxygen atoms in total. The van der Waals surface area contributed by atoms with Gasteiger partial charge in [-0.15, -0.1) is 0 Å². The third kappa shape index (κ3) is 10.9. The minimum Gasteiger partial charge on any atom is -0.467 e. The Balaban J connectivity index is 0.000000270. The van der Waals surface area contributed by atoms with Gasteiger partial charge in [0.05, 0.1) is 75.5 Å². The zero-order chi connectivity index (χ0) is 35.5. The van der Waals surface area contributed by atoms with Gasteiger partial charge in [0.25, 0.3) is 9.05 Å². The lowest BCUT2D eigenvalue weighted by atomic mass is 9.90. The molecule has 0 bridgehead atoms. The van der Waals surface area contributed by atoms with Crippen molar-refractivity contribution in [2.24, 2.45) is 5.92 Å². The average molecular weight is 723 g/mol. The topological polar surface area (TPSA) is 178 Å². The molecule has 47 heavy (non-hydrogen) atoms. The van der Waals surface area contributed by atoms with Crippen molar-refractivity contribution in [1.29, 1.82) is 0 Å². The Morgan fingerprint density at radius 2 is 1.17 bits per heavy atom. The summed E-state index contributed by atoms with van der Waals surface area (Å²) >= 11 is 0. The Morgan fingerprint density at radius 1 is 0.766 bits per heavy atom. The number of carbonyl (C=O) groups is 2. The number of esters is 2. The first kappa shape index (κ1) is 40.5. The van der Waals surface area contributed by atoms with Gasteiger partial charge in [-0.25, -0.2) is 26.4 Å². The molecule has 2 aliphatic rings. The number of hydrogen-bond donors (Lipinski definition) is 1. The average Bonchev–Trinajstić information content (AvgIpc) is 3.04. The van der Waals surface area contributed by atoms with E-state index in [2.05, 4.69) is 4.74 Å².